The highest BCUT2D eigenvalue weighted by molar-refractivity contribution is 5.81. The lowest BCUT2D eigenvalue weighted by atomic mass is 10.1. The first-order chi connectivity index (χ1) is 8.25. The first-order valence-electron chi connectivity index (χ1n) is 5.18. The Morgan fingerprint density at radius 1 is 1.12 bits per heavy atom. The number of fused-ring (bicyclic) bond motifs is 1. The van der Waals surface area contributed by atoms with Crippen molar-refractivity contribution in [2.75, 3.05) is 5.73 Å². The summed E-state index contributed by atoms with van der Waals surface area (Å²) in [5.41, 5.74) is 9.82. The number of anilines is 1. The number of benzene rings is 1. The predicted octanol–water partition coefficient (Wildman–Crippen LogP) is 2.18. The van der Waals surface area contributed by atoms with Gasteiger partial charge in [0.05, 0.1) is 11.0 Å². The maximum atomic E-state index is 5.63. The quantitative estimate of drug-likeness (QED) is 0.688. The van der Waals surface area contributed by atoms with Crippen molar-refractivity contribution in [1.29, 1.82) is 0 Å². The molecule has 3 rings (SSSR count). The van der Waals surface area contributed by atoms with Crippen molar-refractivity contribution in [2.24, 2.45) is 0 Å². The van der Waals surface area contributed by atoms with Crippen molar-refractivity contribution in [3.63, 3.8) is 0 Å². The van der Waals surface area contributed by atoms with E-state index in [1.54, 1.807) is 12.4 Å². The summed E-state index contributed by atoms with van der Waals surface area (Å²) in [7, 11) is 0. The summed E-state index contributed by atoms with van der Waals surface area (Å²) in [4.78, 5) is 8.46. The van der Waals surface area contributed by atoms with Gasteiger partial charge in [0.15, 0.2) is 0 Å². The van der Waals surface area contributed by atoms with Crippen molar-refractivity contribution in [3.05, 3.63) is 36.2 Å². The average molecular weight is 226 g/mol. The first kappa shape index (κ1) is 9.77. The van der Waals surface area contributed by atoms with Crippen LogP contribution >= 0.6 is 0 Å². The lowest BCUT2D eigenvalue weighted by Gasteiger charge is -1.99. The largest absolute Gasteiger partial charge is 0.367 e. The van der Waals surface area contributed by atoms with E-state index in [2.05, 4.69) is 15.1 Å². The molecule has 5 heteroatoms. The molecule has 0 fully saturated rings. The highest BCUT2D eigenvalue weighted by Gasteiger charge is 2.11. The zero-order chi connectivity index (χ0) is 11.8. The number of nitrogen functional groups attached to an aromatic ring is 1. The van der Waals surface area contributed by atoms with Gasteiger partial charge in [0.1, 0.15) is 5.69 Å². The number of nitrogens with two attached hydrogens (primary N) is 1. The lowest BCUT2D eigenvalue weighted by molar-refractivity contribution is 0.439. The van der Waals surface area contributed by atoms with E-state index >= 15 is 0 Å². The normalized spacial score (nSPS) is 10.9. The van der Waals surface area contributed by atoms with Crippen molar-refractivity contribution < 1.29 is 4.52 Å². The van der Waals surface area contributed by atoms with Gasteiger partial charge in [-0.2, -0.15) is 0 Å². The topological polar surface area (TPSA) is 77.8 Å². The maximum absolute atomic E-state index is 5.63. The Balaban J connectivity index is 2.21. The van der Waals surface area contributed by atoms with Crippen molar-refractivity contribution in [2.45, 2.75) is 6.92 Å². The molecule has 0 aliphatic carbocycles. The second-order valence-electron chi connectivity index (χ2n) is 3.78. The van der Waals surface area contributed by atoms with Gasteiger partial charge in [-0.3, -0.25) is 9.97 Å². The van der Waals surface area contributed by atoms with Crippen LogP contribution in [0.1, 0.15) is 5.56 Å². The van der Waals surface area contributed by atoms with E-state index in [1.807, 2.05) is 25.1 Å². The molecule has 0 amide bonds. The van der Waals surface area contributed by atoms with E-state index < -0.39 is 0 Å². The van der Waals surface area contributed by atoms with Crippen LogP contribution in [0, 0.1) is 6.92 Å². The van der Waals surface area contributed by atoms with Gasteiger partial charge in [-0.1, -0.05) is 11.2 Å². The third-order valence-corrected chi connectivity index (χ3v) is 2.70. The van der Waals surface area contributed by atoms with Crippen LogP contribution in [0.3, 0.4) is 0 Å². The molecular weight excluding hydrogens is 216 g/mol. The minimum atomic E-state index is 0.347. The fourth-order valence-electron chi connectivity index (χ4n) is 1.73. The zero-order valence-corrected chi connectivity index (χ0v) is 9.21. The van der Waals surface area contributed by atoms with Crippen LogP contribution in [0.15, 0.2) is 35.1 Å². The molecule has 3 aromatic rings. The Hall–Kier alpha value is -2.43. The summed E-state index contributed by atoms with van der Waals surface area (Å²) in [6.07, 6.45) is 3.33. The van der Waals surface area contributed by atoms with E-state index in [0.29, 0.717) is 5.88 Å². The number of aromatic nitrogens is 3. The van der Waals surface area contributed by atoms with Crippen LogP contribution in [0.4, 0.5) is 5.88 Å². The molecule has 1 aromatic carbocycles. The van der Waals surface area contributed by atoms with E-state index in [-0.39, 0.29) is 0 Å². The molecule has 2 heterocycles. The smallest absolute Gasteiger partial charge is 0.225 e. The van der Waals surface area contributed by atoms with Gasteiger partial charge >= 0.3 is 0 Å². The number of hydrogen-bond acceptors (Lipinski definition) is 5. The van der Waals surface area contributed by atoms with Gasteiger partial charge in [-0.05, 0) is 19.1 Å². The molecule has 2 aromatic heterocycles. The number of nitrogens with zero attached hydrogens (tertiary/aromatic N) is 3. The first-order valence-corrected chi connectivity index (χ1v) is 5.18. The van der Waals surface area contributed by atoms with Crippen LogP contribution in [-0.4, -0.2) is 15.1 Å². The minimum absolute atomic E-state index is 0.347. The molecule has 17 heavy (non-hydrogen) atoms. The minimum Gasteiger partial charge on any atom is -0.367 e. The molecule has 2 N–H and O–H groups in total. The highest BCUT2D eigenvalue weighted by Crippen LogP contribution is 2.27. The van der Waals surface area contributed by atoms with Gasteiger partial charge in [-0.15, -0.1) is 0 Å². The second-order valence-corrected chi connectivity index (χ2v) is 3.78. The molecule has 0 aliphatic heterocycles. The lowest BCUT2D eigenvalue weighted by Crippen LogP contribution is -1.87. The van der Waals surface area contributed by atoms with Crippen molar-refractivity contribution in [3.8, 4) is 11.3 Å². The fraction of sp³-hybridized carbons (Fsp3) is 0.0833. The molecule has 0 radical (unpaired) electrons. The van der Waals surface area contributed by atoms with Crippen LogP contribution in [0.2, 0.25) is 0 Å². The Kier molecular flexibility index (Phi) is 2.04. The summed E-state index contributed by atoms with van der Waals surface area (Å²) in [5.74, 6) is 0.347. The van der Waals surface area contributed by atoms with Gasteiger partial charge < -0.3 is 10.3 Å². The summed E-state index contributed by atoms with van der Waals surface area (Å²) in [6.45, 7) is 1.88. The summed E-state index contributed by atoms with van der Waals surface area (Å²) >= 11 is 0. The summed E-state index contributed by atoms with van der Waals surface area (Å²) < 4.78 is 4.95. The Morgan fingerprint density at radius 3 is 2.59 bits per heavy atom. The molecule has 0 saturated heterocycles. The molecule has 84 valence electrons. The van der Waals surface area contributed by atoms with Gasteiger partial charge in [0.25, 0.3) is 0 Å². The van der Waals surface area contributed by atoms with Gasteiger partial charge in [0.2, 0.25) is 5.88 Å². The molecule has 0 unspecified atom stereocenters. The molecule has 0 atom stereocenters. The summed E-state index contributed by atoms with van der Waals surface area (Å²) in [5, 5.41) is 3.94. The Labute approximate surface area is 97.3 Å². The predicted molar refractivity (Wildman–Crippen MR) is 64.2 cm³/mol. The van der Waals surface area contributed by atoms with Crippen LogP contribution in [0.5, 0.6) is 0 Å². The average Bonchev–Trinajstić information content (AvgIpc) is 2.70. The number of rotatable bonds is 1. The van der Waals surface area contributed by atoms with E-state index in [0.717, 1.165) is 27.9 Å². The fourth-order valence-corrected chi connectivity index (χ4v) is 1.73. The third-order valence-electron chi connectivity index (χ3n) is 2.70. The van der Waals surface area contributed by atoms with Crippen molar-refractivity contribution >= 4 is 16.9 Å². The molecule has 0 saturated carbocycles. The third kappa shape index (κ3) is 1.52. The SMILES string of the molecule is Cc1c(-c2ccc3nccnc3c2)noc1N. The van der Waals surface area contributed by atoms with Crippen LogP contribution < -0.4 is 5.73 Å². The molecular formula is C12H10N4O. The molecule has 0 spiro atoms. The highest BCUT2D eigenvalue weighted by atomic mass is 16.5. The monoisotopic (exact) mass is 226 g/mol. The zero-order valence-electron chi connectivity index (χ0n) is 9.21. The van der Waals surface area contributed by atoms with Crippen LogP contribution in [-0.2, 0) is 0 Å². The Morgan fingerprint density at radius 2 is 1.88 bits per heavy atom. The molecule has 5 nitrogen and oxygen atoms in total. The van der Waals surface area contributed by atoms with E-state index in [1.165, 1.54) is 0 Å². The van der Waals surface area contributed by atoms with Crippen molar-refractivity contribution in [1.82, 2.24) is 15.1 Å². The maximum Gasteiger partial charge on any atom is 0.225 e. The molecule has 0 aliphatic rings. The van der Waals surface area contributed by atoms with E-state index in [4.69, 9.17) is 10.3 Å². The van der Waals surface area contributed by atoms with E-state index in [9.17, 15) is 0 Å². The standard InChI is InChI=1S/C12H10N4O/c1-7-11(16-17-12(7)13)8-2-3-9-10(6-8)15-5-4-14-9/h2-6H,13H2,1H3. The van der Waals surface area contributed by atoms with Gasteiger partial charge in [-0.25, -0.2) is 0 Å². The Bertz CT molecular complexity index is 690. The van der Waals surface area contributed by atoms with Crippen LogP contribution in [0.25, 0.3) is 22.3 Å². The van der Waals surface area contributed by atoms with Gasteiger partial charge in [0, 0.05) is 23.5 Å². The second kappa shape index (κ2) is 3.55. The number of hydrogen-bond donors (Lipinski definition) is 1. The summed E-state index contributed by atoms with van der Waals surface area (Å²) in [6, 6.07) is 5.76. The molecule has 0 bridgehead atoms.